The van der Waals surface area contributed by atoms with Crippen LogP contribution >= 0.6 is 0 Å². The zero-order valence-corrected chi connectivity index (χ0v) is 18.6. The van der Waals surface area contributed by atoms with Crippen molar-refractivity contribution in [2.24, 2.45) is 0 Å². The minimum Gasteiger partial charge on any atom is -0.497 e. The van der Waals surface area contributed by atoms with E-state index in [0.717, 1.165) is 34.2 Å². The minimum atomic E-state index is -4.48. The first-order valence-corrected chi connectivity index (χ1v) is 10.5. The maximum Gasteiger partial charge on any atom is 0.416 e. The van der Waals surface area contributed by atoms with Gasteiger partial charge in [-0.15, -0.1) is 0 Å². The normalized spacial score (nSPS) is 11.4. The highest BCUT2D eigenvalue weighted by Gasteiger charge is 2.30. The average molecular weight is 468 g/mol. The number of para-hydroxylation sites is 1. The molecular formula is C26H23F3N2O3. The van der Waals surface area contributed by atoms with E-state index in [0.29, 0.717) is 18.0 Å². The number of carbonyl (C=O) groups excluding carboxylic acids is 1. The molecule has 4 rings (SSSR count). The molecule has 1 aromatic heterocycles. The van der Waals surface area contributed by atoms with Crippen LogP contribution in [0.1, 0.15) is 16.7 Å². The van der Waals surface area contributed by atoms with Crippen molar-refractivity contribution >= 4 is 22.5 Å². The van der Waals surface area contributed by atoms with Gasteiger partial charge in [0.1, 0.15) is 11.5 Å². The molecule has 3 aromatic carbocycles. The summed E-state index contributed by atoms with van der Waals surface area (Å²) in [5.41, 5.74) is 1.96. The van der Waals surface area contributed by atoms with Crippen molar-refractivity contribution in [2.45, 2.75) is 19.1 Å². The topological polar surface area (TPSA) is 52.5 Å². The van der Waals surface area contributed by atoms with Crippen molar-refractivity contribution in [1.29, 1.82) is 0 Å². The fraction of sp³-hybridized carbons (Fsp3) is 0.192. The Morgan fingerprint density at radius 1 is 0.941 bits per heavy atom. The molecule has 0 atom stereocenters. The standard InChI is InChI=1S/C26H23F3N2O3/c1-33-21-10-17(11-22(14-21)34-2)15-31-16-18(23-8-3-4-9-24(23)31)12-25(32)30-20-7-5-6-19(13-20)26(27,28)29/h3-11,13-14,16H,12,15H2,1-2H3,(H,30,32). The van der Waals surface area contributed by atoms with Crippen LogP contribution in [0.4, 0.5) is 18.9 Å². The Kier molecular flexibility index (Phi) is 6.49. The number of aromatic nitrogens is 1. The number of alkyl halides is 3. The van der Waals surface area contributed by atoms with E-state index in [-0.39, 0.29) is 12.1 Å². The third-order valence-corrected chi connectivity index (χ3v) is 5.46. The molecule has 0 aliphatic carbocycles. The van der Waals surface area contributed by atoms with Crippen LogP contribution in [-0.4, -0.2) is 24.7 Å². The monoisotopic (exact) mass is 468 g/mol. The lowest BCUT2D eigenvalue weighted by Crippen LogP contribution is -2.15. The molecule has 5 nitrogen and oxygen atoms in total. The largest absolute Gasteiger partial charge is 0.497 e. The van der Waals surface area contributed by atoms with E-state index in [4.69, 9.17) is 9.47 Å². The van der Waals surface area contributed by atoms with Gasteiger partial charge in [-0.1, -0.05) is 24.3 Å². The number of amides is 1. The second-order valence-electron chi connectivity index (χ2n) is 7.82. The molecule has 8 heteroatoms. The maximum atomic E-state index is 13.0. The predicted octanol–water partition coefficient (Wildman–Crippen LogP) is 5.91. The molecule has 0 saturated heterocycles. The van der Waals surface area contributed by atoms with E-state index >= 15 is 0 Å². The van der Waals surface area contributed by atoms with Crippen molar-refractivity contribution in [3.8, 4) is 11.5 Å². The van der Waals surface area contributed by atoms with Gasteiger partial charge in [-0.3, -0.25) is 4.79 Å². The molecule has 0 spiro atoms. The highest BCUT2D eigenvalue weighted by Crippen LogP contribution is 2.31. The summed E-state index contributed by atoms with van der Waals surface area (Å²) in [5.74, 6) is 0.947. The van der Waals surface area contributed by atoms with Gasteiger partial charge in [0.15, 0.2) is 0 Å². The van der Waals surface area contributed by atoms with E-state index in [1.165, 1.54) is 12.1 Å². The summed E-state index contributed by atoms with van der Waals surface area (Å²) >= 11 is 0. The molecule has 0 radical (unpaired) electrons. The van der Waals surface area contributed by atoms with E-state index in [1.807, 2.05) is 47.2 Å². The molecule has 0 aliphatic rings. The van der Waals surface area contributed by atoms with Crippen LogP contribution in [0.15, 0.2) is 72.9 Å². The lowest BCUT2D eigenvalue weighted by molar-refractivity contribution is -0.137. The van der Waals surface area contributed by atoms with Gasteiger partial charge >= 0.3 is 6.18 Å². The Hall–Kier alpha value is -3.94. The summed E-state index contributed by atoms with van der Waals surface area (Å²) in [4.78, 5) is 12.7. The number of halogens is 3. The van der Waals surface area contributed by atoms with Gasteiger partial charge in [-0.05, 0) is 47.5 Å². The van der Waals surface area contributed by atoms with Gasteiger partial charge in [-0.25, -0.2) is 0 Å². The summed E-state index contributed by atoms with van der Waals surface area (Å²) in [6.07, 6.45) is -2.56. The Morgan fingerprint density at radius 2 is 1.65 bits per heavy atom. The molecule has 1 N–H and O–H groups in total. The fourth-order valence-electron chi connectivity index (χ4n) is 3.90. The molecule has 0 unspecified atom stereocenters. The molecule has 1 heterocycles. The molecule has 34 heavy (non-hydrogen) atoms. The van der Waals surface area contributed by atoms with E-state index < -0.39 is 17.6 Å². The SMILES string of the molecule is COc1cc(Cn2cc(CC(=O)Nc3cccc(C(F)(F)F)c3)c3ccccc32)cc(OC)c1. The van der Waals surface area contributed by atoms with Gasteiger partial charge in [0.2, 0.25) is 5.91 Å². The molecule has 0 fully saturated rings. The molecule has 0 bridgehead atoms. The highest BCUT2D eigenvalue weighted by atomic mass is 19.4. The number of nitrogens with zero attached hydrogens (tertiary/aromatic N) is 1. The number of hydrogen-bond acceptors (Lipinski definition) is 3. The fourth-order valence-corrected chi connectivity index (χ4v) is 3.90. The third-order valence-electron chi connectivity index (χ3n) is 5.46. The Balaban J connectivity index is 1.58. The number of rotatable bonds is 7. The quantitative estimate of drug-likeness (QED) is 0.367. The van der Waals surface area contributed by atoms with Crippen LogP contribution in [0.25, 0.3) is 10.9 Å². The average Bonchev–Trinajstić information content (AvgIpc) is 3.15. The Labute approximate surface area is 194 Å². The number of ether oxygens (including phenoxy) is 2. The van der Waals surface area contributed by atoms with Crippen LogP contribution in [0.3, 0.4) is 0 Å². The second-order valence-corrected chi connectivity index (χ2v) is 7.82. The van der Waals surface area contributed by atoms with Crippen molar-refractivity contribution in [1.82, 2.24) is 4.57 Å². The maximum absolute atomic E-state index is 13.0. The first-order valence-electron chi connectivity index (χ1n) is 10.5. The Bertz CT molecular complexity index is 1310. The summed E-state index contributed by atoms with van der Waals surface area (Å²) in [7, 11) is 3.18. The van der Waals surface area contributed by atoms with Crippen LogP contribution in [-0.2, 0) is 23.9 Å². The number of hydrogen-bond donors (Lipinski definition) is 1. The first kappa shape index (κ1) is 23.2. The molecule has 176 valence electrons. The smallest absolute Gasteiger partial charge is 0.416 e. The third kappa shape index (κ3) is 5.17. The number of benzene rings is 3. The number of fused-ring (bicyclic) bond motifs is 1. The summed E-state index contributed by atoms with van der Waals surface area (Å²) in [6.45, 7) is 0.517. The molecule has 1 amide bonds. The zero-order chi connectivity index (χ0) is 24.3. The van der Waals surface area contributed by atoms with Gasteiger partial charge in [0.05, 0.1) is 26.2 Å². The molecule has 0 saturated carbocycles. The highest BCUT2D eigenvalue weighted by molar-refractivity contribution is 5.96. The lowest BCUT2D eigenvalue weighted by Gasteiger charge is -2.10. The second kappa shape index (κ2) is 9.51. The predicted molar refractivity (Wildman–Crippen MR) is 124 cm³/mol. The van der Waals surface area contributed by atoms with Gasteiger partial charge in [0.25, 0.3) is 0 Å². The summed E-state index contributed by atoms with van der Waals surface area (Å²) in [5, 5.41) is 3.48. The van der Waals surface area contributed by atoms with Gasteiger partial charge < -0.3 is 19.4 Å². The molecule has 4 aromatic rings. The van der Waals surface area contributed by atoms with Gasteiger partial charge in [-0.2, -0.15) is 13.2 Å². The van der Waals surface area contributed by atoms with E-state index in [1.54, 1.807) is 20.3 Å². The zero-order valence-electron chi connectivity index (χ0n) is 18.6. The molecule has 0 aliphatic heterocycles. The van der Waals surface area contributed by atoms with Gasteiger partial charge in [0, 0.05) is 35.4 Å². The number of carbonyl (C=O) groups is 1. The van der Waals surface area contributed by atoms with Crippen molar-refractivity contribution in [2.75, 3.05) is 19.5 Å². The minimum absolute atomic E-state index is 0.0190. The van der Waals surface area contributed by atoms with Crippen molar-refractivity contribution < 1.29 is 27.4 Å². The van der Waals surface area contributed by atoms with E-state index in [9.17, 15) is 18.0 Å². The number of anilines is 1. The first-order chi connectivity index (χ1) is 16.3. The lowest BCUT2D eigenvalue weighted by atomic mass is 10.1. The van der Waals surface area contributed by atoms with Crippen molar-refractivity contribution in [3.63, 3.8) is 0 Å². The van der Waals surface area contributed by atoms with Crippen molar-refractivity contribution in [3.05, 3.63) is 89.6 Å². The Morgan fingerprint density at radius 3 is 2.32 bits per heavy atom. The van der Waals surface area contributed by atoms with Crippen LogP contribution in [0.5, 0.6) is 11.5 Å². The van der Waals surface area contributed by atoms with E-state index in [2.05, 4.69) is 5.32 Å². The number of nitrogens with one attached hydrogen (secondary N) is 1. The van der Waals surface area contributed by atoms with Crippen LogP contribution in [0.2, 0.25) is 0 Å². The van der Waals surface area contributed by atoms with Crippen LogP contribution in [0, 0.1) is 0 Å². The molecular weight excluding hydrogens is 445 g/mol. The summed E-state index contributed by atoms with van der Waals surface area (Å²) in [6, 6.07) is 17.9. The van der Waals surface area contributed by atoms with Crippen LogP contribution < -0.4 is 14.8 Å². The number of methoxy groups -OCH3 is 2. The summed E-state index contributed by atoms with van der Waals surface area (Å²) < 4.78 is 51.6.